The highest BCUT2D eigenvalue weighted by Gasteiger charge is 2.10. The number of Topliss-reactive ketones (excluding diaryl/α,β-unsaturated/α-hetero) is 1. The molecule has 0 saturated heterocycles. The number of halogens is 2. The van der Waals surface area contributed by atoms with Crippen LogP contribution in [0, 0.1) is 10.5 Å². The fraction of sp³-hybridized carbons (Fsp3) is 0.176. The van der Waals surface area contributed by atoms with Gasteiger partial charge in [0.15, 0.2) is 5.78 Å². The quantitative estimate of drug-likeness (QED) is 0.547. The summed E-state index contributed by atoms with van der Waals surface area (Å²) in [5.74, 6) is -0.224. The summed E-state index contributed by atoms with van der Waals surface area (Å²) in [7, 11) is 0. The van der Waals surface area contributed by atoms with Crippen molar-refractivity contribution in [2.75, 3.05) is 5.32 Å². The van der Waals surface area contributed by atoms with Crippen LogP contribution in [-0.4, -0.2) is 11.7 Å². The summed E-state index contributed by atoms with van der Waals surface area (Å²) in [6.45, 7) is 1.94. The fourth-order valence-electron chi connectivity index (χ4n) is 1.99. The van der Waals surface area contributed by atoms with E-state index < -0.39 is 0 Å². The van der Waals surface area contributed by atoms with E-state index in [9.17, 15) is 9.59 Å². The molecule has 0 atom stereocenters. The molecule has 1 N–H and O–H groups in total. The summed E-state index contributed by atoms with van der Waals surface area (Å²) >= 11 is 8.01. The lowest BCUT2D eigenvalue weighted by atomic mass is 10.1. The Morgan fingerprint density at radius 3 is 2.41 bits per heavy atom. The second-order valence-corrected chi connectivity index (χ2v) is 6.62. The average molecular weight is 428 g/mol. The van der Waals surface area contributed by atoms with Crippen LogP contribution in [-0.2, 0) is 4.79 Å². The zero-order valence-corrected chi connectivity index (χ0v) is 14.9. The number of rotatable bonds is 5. The summed E-state index contributed by atoms with van der Waals surface area (Å²) < 4.78 is 1.12. The lowest BCUT2D eigenvalue weighted by molar-refractivity contribution is -0.116. The molecule has 1 amide bonds. The first-order valence-corrected chi connectivity index (χ1v) is 8.26. The van der Waals surface area contributed by atoms with Crippen molar-refractivity contribution in [3.63, 3.8) is 0 Å². The van der Waals surface area contributed by atoms with E-state index in [4.69, 9.17) is 11.6 Å². The Hall–Kier alpha value is -1.40. The first-order chi connectivity index (χ1) is 10.5. The van der Waals surface area contributed by atoms with E-state index in [2.05, 4.69) is 27.9 Å². The van der Waals surface area contributed by atoms with E-state index >= 15 is 0 Å². The average Bonchev–Trinajstić information content (AvgIpc) is 2.48. The van der Waals surface area contributed by atoms with Crippen molar-refractivity contribution in [2.45, 2.75) is 19.8 Å². The number of hydrogen-bond acceptors (Lipinski definition) is 2. The minimum absolute atomic E-state index is 0.0638. The topological polar surface area (TPSA) is 46.2 Å². The number of benzene rings is 2. The normalized spacial score (nSPS) is 10.3. The molecule has 22 heavy (non-hydrogen) atoms. The maximum Gasteiger partial charge on any atom is 0.224 e. The fourth-order valence-corrected chi connectivity index (χ4v) is 2.76. The van der Waals surface area contributed by atoms with Crippen LogP contribution in [0.25, 0.3) is 0 Å². The maximum atomic E-state index is 12.0. The molecule has 0 radical (unpaired) electrons. The highest BCUT2D eigenvalue weighted by atomic mass is 127. The third-order valence-corrected chi connectivity index (χ3v) is 4.13. The van der Waals surface area contributed by atoms with Crippen molar-refractivity contribution in [1.82, 2.24) is 0 Å². The molecule has 2 aromatic rings. The maximum absolute atomic E-state index is 12.0. The highest BCUT2D eigenvalue weighted by Crippen LogP contribution is 2.18. The molecule has 0 aliphatic carbocycles. The van der Waals surface area contributed by atoms with E-state index in [0.717, 1.165) is 14.8 Å². The minimum Gasteiger partial charge on any atom is -0.326 e. The number of hydrogen-bond donors (Lipinski definition) is 1. The molecule has 0 bridgehead atoms. The number of anilines is 1. The molecule has 2 aromatic carbocycles. The molecule has 0 spiro atoms. The molecule has 114 valence electrons. The van der Waals surface area contributed by atoms with Crippen molar-refractivity contribution < 1.29 is 9.59 Å². The molecule has 2 rings (SSSR count). The van der Waals surface area contributed by atoms with Crippen LogP contribution < -0.4 is 5.32 Å². The van der Waals surface area contributed by atoms with E-state index in [1.165, 1.54) is 0 Å². The molecule has 0 unspecified atom stereocenters. The summed E-state index contributed by atoms with van der Waals surface area (Å²) in [6.07, 6.45) is 0.337. The summed E-state index contributed by atoms with van der Waals surface area (Å²) in [4.78, 5) is 24.0. The van der Waals surface area contributed by atoms with Crippen molar-refractivity contribution in [3.8, 4) is 0 Å². The van der Waals surface area contributed by atoms with Crippen molar-refractivity contribution >= 4 is 51.6 Å². The Kier molecular flexibility index (Phi) is 5.97. The van der Waals surface area contributed by atoms with Gasteiger partial charge in [0, 0.05) is 32.7 Å². The standard InChI is InChI=1S/C17H15ClINO2/c1-11-10-14(19)6-7-15(11)20-17(22)9-8-16(21)12-2-4-13(18)5-3-12/h2-7,10H,8-9H2,1H3,(H,20,22). The summed E-state index contributed by atoms with van der Waals surface area (Å²) in [5, 5.41) is 3.42. The van der Waals surface area contributed by atoms with Gasteiger partial charge in [0.25, 0.3) is 0 Å². The molecular weight excluding hydrogens is 413 g/mol. The first kappa shape index (κ1) is 17.0. The van der Waals surface area contributed by atoms with E-state index in [1.807, 2.05) is 25.1 Å². The van der Waals surface area contributed by atoms with Gasteiger partial charge in [-0.25, -0.2) is 0 Å². The van der Waals surface area contributed by atoms with Crippen LogP contribution in [0.4, 0.5) is 5.69 Å². The van der Waals surface area contributed by atoms with Gasteiger partial charge in [0.1, 0.15) is 0 Å². The Labute approximate surface area is 148 Å². The van der Waals surface area contributed by atoms with Gasteiger partial charge in [0.05, 0.1) is 0 Å². The predicted molar refractivity (Wildman–Crippen MR) is 97.5 cm³/mol. The van der Waals surface area contributed by atoms with Crippen molar-refractivity contribution in [2.24, 2.45) is 0 Å². The number of ketones is 1. The molecule has 5 heteroatoms. The second-order valence-electron chi connectivity index (χ2n) is 4.94. The molecule has 0 aliphatic rings. The van der Waals surface area contributed by atoms with Crippen LogP contribution in [0.2, 0.25) is 5.02 Å². The minimum atomic E-state index is -0.161. The second kappa shape index (κ2) is 7.74. The third kappa shape index (κ3) is 4.81. The van der Waals surface area contributed by atoms with Gasteiger partial charge in [-0.3, -0.25) is 9.59 Å². The Balaban J connectivity index is 1.89. The summed E-state index contributed by atoms with van der Waals surface area (Å²) in [5.41, 5.74) is 2.36. The van der Waals surface area contributed by atoms with Gasteiger partial charge in [-0.05, 0) is 77.5 Å². The van der Waals surface area contributed by atoms with E-state index in [-0.39, 0.29) is 24.5 Å². The van der Waals surface area contributed by atoms with Gasteiger partial charge in [-0.15, -0.1) is 0 Å². The SMILES string of the molecule is Cc1cc(I)ccc1NC(=O)CCC(=O)c1ccc(Cl)cc1. The number of amides is 1. The molecular formula is C17H15ClINO2. The lowest BCUT2D eigenvalue weighted by Crippen LogP contribution is -2.14. The van der Waals surface area contributed by atoms with Gasteiger partial charge >= 0.3 is 0 Å². The summed E-state index contributed by atoms with van der Waals surface area (Å²) in [6, 6.07) is 12.5. The molecule has 0 heterocycles. The number of carbonyl (C=O) groups excluding carboxylic acids is 2. The van der Waals surface area contributed by atoms with Crippen LogP contribution in [0.5, 0.6) is 0 Å². The molecule has 0 aliphatic heterocycles. The zero-order valence-electron chi connectivity index (χ0n) is 12.0. The van der Waals surface area contributed by atoms with Crippen LogP contribution in [0.1, 0.15) is 28.8 Å². The monoisotopic (exact) mass is 427 g/mol. The smallest absolute Gasteiger partial charge is 0.224 e. The molecule has 0 saturated carbocycles. The van der Waals surface area contributed by atoms with Gasteiger partial charge in [-0.2, -0.15) is 0 Å². The number of nitrogens with one attached hydrogen (secondary N) is 1. The lowest BCUT2D eigenvalue weighted by Gasteiger charge is -2.08. The molecule has 0 aromatic heterocycles. The largest absolute Gasteiger partial charge is 0.326 e. The first-order valence-electron chi connectivity index (χ1n) is 6.80. The van der Waals surface area contributed by atoms with Gasteiger partial charge < -0.3 is 5.32 Å². The number of aryl methyl sites for hydroxylation is 1. The van der Waals surface area contributed by atoms with Crippen LogP contribution in [0.3, 0.4) is 0 Å². The Morgan fingerprint density at radius 1 is 1.09 bits per heavy atom. The van der Waals surface area contributed by atoms with Crippen molar-refractivity contribution in [3.05, 3.63) is 62.2 Å². The third-order valence-electron chi connectivity index (χ3n) is 3.21. The number of carbonyl (C=O) groups is 2. The van der Waals surface area contributed by atoms with E-state index in [0.29, 0.717) is 10.6 Å². The molecule has 0 fully saturated rings. The van der Waals surface area contributed by atoms with Crippen molar-refractivity contribution in [1.29, 1.82) is 0 Å². The Morgan fingerprint density at radius 2 is 1.77 bits per heavy atom. The van der Waals surface area contributed by atoms with E-state index in [1.54, 1.807) is 24.3 Å². The predicted octanol–water partition coefficient (Wildman–Crippen LogP) is 4.85. The molecule has 3 nitrogen and oxygen atoms in total. The zero-order chi connectivity index (χ0) is 16.1. The van der Waals surface area contributed by atoms with Gasteiger partial charge in [-0.1, -0.05) is 11.6 Å². The van der Waals surface area contributed by atoms with Gasteiger partial charge in [0.2, 0.25) is 5.91 Å². The van der Waals surface area contributed by atoms with Crippen LogP contribution >= 0.6 is 34.2 Å². The Bertz CT molecular complexity index is 698. The highest BCUT2D eigenvalue weighted by molar-refractivity contribution is 14.1. The van der Waals surface area contributed by atoms with Crippen LogP contribution in [0.15, 0.2) is 42.5 Å².